The Balaban J connectivity index is 0.000000260. The summed E-state index contributed by atoms with van der Waals surface area (Å²) in [6.07, 6.45) is 17.3. The SMILES string of the molecule is CC(C)(C)C.CC(C)C1CCCCC1.CC=c1c2ccc3c4ccc(C(C)=O)c5c(C(C)=O)ccc(c6c(-c7ccc(C)cc7)cc(c(=O)n1C1CCCCC1)c2c36)c54.CCCN(CCC(C)C)C(C)=O. The molecule has 0 spiro atoms. The van der Waals surface area contributed by atoms with E-state index in [1.165, 1.54) is 44.1 Å². The monoisotopic (exact) mass is 959 g/mol. The maximum Gasteiger partial charge on any atom is 0.259 e. The van der Waals surface area contributed by atoms with Gasteiger partial charge in [0.1, 0.15) is 0 Å². The minimum absolute atomic E-state index is 0.0675. The molecule has 0 saturated heterocycles. The third kappa shape index (κ3) is 12.6. The van der Waals surface area contributed by atoms with Crippen LogP contribution in [0.2, 0.25) is 0 Å². The molecule has 0 unspecified atom stereocenters. The first kappa shape index (κ1) is 55.0. The average Bonchev–Trinajstić information content (AvgIpc) is 3.33. The van der Waals surface area contributed by atoms with E-state index in [9.17, 15) is 19.2 Å². The van der Waals surface area contributed by atoms with Crippen molar-refractivity contribution in [2.75, 3.05) is 13.1 Å². The van der Waals surface area contributed by atoms with Gasteiger partial charge in [0, 0.05) is 64.1 Å². The molecular weight excluding hydrogens is 873 g/mol. The van der Waals surface area contributed by atoms with Crippen molar-refractivity contribution in [2.24, 2.45) is 23.2 Å². The van der Waals surface area contributed by atoms with E-state index >= 15 is 0 Å². The number of hydrogen-bond donors (Lipinski definition) is 0. The second-order valence-electron chi connectivity index (χ2n) is 23.3. The van der Waals surface area contributed by atoms with Crippen molar-refractivity contribution in [3.05, 3.63) is 99.1 Å². The summed E-state index contributed by atoms with van der Waals surface area (Å²) in [6.45, 7) is 30.7. The van der Waals surface area contributed by atoms with Crippen molar-refractivity contribution in [2.45, 2.75) is 180 Å². The van der Waals surface area contributed by atoms with Crippen LogP contribution in [0.1, 0.15) is 199 Å². The first-order chi connectivity index (χ1) is 33.7. The van der Waals surface area contributed by atoms with Gasteiger partial charge in [-0.1, -0.05) is 186 Å². The number of nitrogens with zero attached hydrogens (tertiary/aromatic N) is 2. The molecular formula is C65H86N2O4. The number of aromatic nitrogens is 1. The maximum absolute atomic E-state index is 14.7. The topological polar surface area (TPSA) is 76.5 Å². The van der Waals surface area contributed by atoms with Gasteiger partial charge in [-0.25, -0.2) is 0 Å². The fraction of sp³-hybridized carbons (Fsp3) is 0.508. The smallest absolute Gasteiger partial charge is 0.259 e. The molecule has 0 radical (unpaired) electrons. The Morgan fingerprint density at radius 2 is 1.15 bits per heavy atom. The van der Waals surface area contributed by atoms with Crippen molar-refractivity contribution >= 4 is 77.4 Å². The van der Waals surface area contributed by atoms with Crippen LogP contribution in [0, 0.1) is 30.1 Å². The normalized spacial score (nSPS) is 15.0. The van der Waals surface area contributed by atoms with Crippen LogP contribution < -0.4 is 10.9 Å². The van der Waals surface area contributed by atoms with E-state index in [2.05, 4.69) is 122 Å². The van der Waals surface area contributed by atoms with Crippen molar-refractivity contribution in [1.29, 1.82) is 0 Å². The number of ketones is 2. The lowest BCUT2D eigenvalue weighted by atomic mass is 9.81. The molecule has 6 aromatic carbocycles. The van der Waals surface area contributed by atoms with E-state index in [-0.39, 0.29) is 29.1 Å². The molecule has 1 heterocycles. The van der Waals surface area contributed by atoms with Crippen LogP contribution in [0.4, 0.5) is 0 Å². The molecule has 1 amide bonds. The lowest BCUT2D eigenvalue weighted by Crippen LogP contribution is -2.38. The third-order valence-electron chi connectivity index (χ3n) is 14.8. The van der Waals surface area contributed by atoms with Gasteiger partial charge in [-0.15, -0.1) is 0 Å². The zero-order valence-corrected chi connectivity index (χ0v) is 46.2. The molecule has 2 saturated carbocycles. The molecule has 2 fully saturated rings. The molecule has 0 atom stereocenters. The number of aryl methyl sites for hydroxylation is 1. The number of benzene rings is 6. The Morgan fingerprint density at radius 3 is 1.65 bits per heavy atom. The van der Waals surface area contributed by atoms with Crippen LogP contribution in [0.5, 0.6) is 0 Å². The third-order valence-corrected chi connectivity index (χ3v) is 14.8. The summed E-state index contributed by atoms with van der Waals surface area (Å²) in [5.41, 5.74) is 4.89. The largest absolute Gasteiger partial charge is 0.343 e. The second-order valence-corrected chi connectivity index (χ2v) is 23.3. The first-order valence-electron chi connectivity index (χ1n) is 27.3. The van der Waals surface area contributed by atoms with Crippen LogP contribution >= 0.6 is 0 Å². The number of amides is 1. The first-order valence-corrected chi connectivity index (χ1v) is 27.3. The summed E-state index contributed by atoms with van der Waals surface area (Å²) in [5, 5.41) is 10.6. The van der Waals surface area contributed by atoms with Gasteiger partial charge in [-0.2, -0.15) is 0 Å². The molecule has 0 aliphatic heterocycles. The summed E-state index contributed by atoms with van der Waals surface area (Å²) in [5.74, 6) is 2.74. The summed E-state index contributed by atoms with van der Waals surface area (Å²) in [6, 6.07) is 23.0. The molecule has 6 heteroatoms. The predicted molar refractivity (Wildman–Crippen MR) is 306 cm³/mol. The van der Waals surface area contributed by atoms with Gasteiger partial charge in [0.15, 0.2) is 11.6 Å². The number of pyridine rings is 1. The fourth-order valence-electron chi connectivity index (χ4n) is 11.2. The molecule has 0 N–H and O–H groups in total. The number of carbonyl (C=O) groups is 3. The molecule has 2 aliphatic carbocycles. The highest BCUT2D eigenvalue weighted by atomic mass is 16.2. The van der Waals surface area contributed by atoms with E-state index in [4.69, 9.17) is 0 Å². The minimum Gasteiger partial charge on any atom is -0.343 e. The molecule has 71 heavy (non-hydrogen) atoms. The van der Waals surface area contributed by atoms with E-state index in [0.29, 0.717) is 27.8 Å². The summed E-state index contributed by atoms with van der Waals surface area (Å²) in [7, 11) is 0. The number of hydrogen-bond acceptors (Lipinski definition) is 4. The van der Waals surface area contributed by atoms with Crippen LogP contribution in [0.3, 0.4) is 0 Å². The van der Waals surface area contributed by atoms with Crippen molar-refractivity contribution in [3.63, 3.8) is 0 Å². The van der Waals surface area contributed by atoms with E-state index in [0.717, 1.165) is 128 Å². The van der Waals surface area contributed by atoms with Gasteiger partial charge in [0.25, 0.3) is 5.56 Å². The predicted octanol–water partition coefficient (Wildman–Crippen LogP) is 17.0. The van der Waals surface area contributed by atoms with E-state index < -0.39 is 0 Å². The van der Waals surface area contributed by atoms with Gasteiger partial charge >= 0.3 is 0 Å². The van der Waals surface area contributed by atoms with Crippen LogP contribution in [0.15, 0.2) is 71.5 Å². The van der Waals surface area contributed by atoms with Crippen molar-refractivity contribution < 1.29 is 14.4 Å². The Hall–Kier alpha value is -5.36. The average molecular weight is 959 g/mol. The van der Waals surface area contributed by atoms with Gasteiger partial charge in [0.2, 0.25) is 5.91 Å². The molecule has 1 aromatic heterocycles. The van der Waals surface area contributed by atoms with Gasteiger partial charge in [0.05, 0.1) is 0 Å². The molecule has 6 nitrogen and oxygen atoms in total. The molecule has 7 aromatic rings. The zero-order chi connectivity index (χ0) is 51.9. The second kappa shape index (κ2) is 23.9. The van der Waals surface area contributed by atoms with Crippen molar-refractivity contribution in [3.8, 4) is 11.1 Å². The lowest BCUT2D eigenvalue weighted by Gasteiger charge is -2.27. The Morgan fingerprint density at radius 1 is 0.648 bits per heavy atom. The van der Waals surface area contributed by atoms with Gasteiger partial charge in [-0.3, -0.25) is 19.2 Å². The summed E-state index contributed by atoms with van der Waals surface area (Å²) in [4.78, 5) is 53.7. The van der Waals surface area contributed by atoms with E-state index in [1.54, 1.807) is 20.8 Å². The van der Waals surface area contributed by atoms with Gasteiger partial charge in [-0.05, 0) is 126 Å². The number of Topliss-reactive ketones (excluding diaryl/α,β-unsaturated/α-hetero) is 2. The minimum atomic E-state index is -0.0675. The maximum atomic E-state index is 14.7. The summed E-state index contributed by atoms with van der Waals surface area (Å²) >= 11 is 0. The highest BCUT2D eigenvalue weighted by Gasteiger charge is 2.27. The van der Waals surface area contributed by atoms with Gasteiger partial charge < -0.3 is 9.47 Å². The summed E-state index contributed by atoms with van der Waals surface area (Å²) < 4.78 is 2.09. The quantitative estimate of drug-likeness (QED) is 0.0777. The highest BCUT2D eigenvalue weighted by Crippen LogP contribution is 2.48. The molecule has 380 valence electrons. The van der Waals surface area contributed by atoms with Crippen LogP contribution in [-0.2, 0) is 4.79 Å². The molecule has 0 bridgehead atoms. The highest BCUT2D eigenvalue weighted by molar-refractivity contribution is 6.41. The Bertz CT molecular complexity index is 3050. The number of rotatable bonds is 10. The molecule has 9 rings (SSSR count). The fourth-order valence-corrected chi connectivity index (χ4v) is 11.2. The van der Waals surface area contributed by atoms with Crippen LogP contribution in [0.25, 0.3) is 71.1 Å². The standard InChI is InChI=1S/C41H35NO3.C10H21NO.C9H18.C5H12/c1-5-35-31-19-18-30-29-17-15-27(23(3)43)36-28(24(4)44)16-20-32(37(29)36)39-33(25-13-11-22(2)12-14-25)21-34(38(31)40(30)39)41(45)42(35)26-9-7-6-8-10-26;1-5-7-11(10(4)12)8-6-9(2)3;1-8(2)9-6-4-3-5-7-9;1-5(2,3)4/h5,11-21,26H,6-10H2,1-4H3;9H,5-8H2,1-4H3;8-9H,3-7H2,1-2H3;1-4H3. The zero-order valence-electron chi connectivity index (χ0n) is 46.2. The Kier molecular flexibility index (Phi) is 18.5. The van der Waals surface area contributed by atoms with E-state index in [1.807, 2.05) is 36.1 Å². The molecule has 2 aliphatic rings. The lowest BCUT2D eigenvalue weighted by molar-refractivity contribution is -0.129. The Labute approximate surface area is 426 Å². The van der Waals surface area contributed by atoms with Crippen molar-refractivity contribution in [1.82, 2.24) is 9.47 Å². The van der Waals surface area contributed by atoms with Crippen LogP contribution in [-0.4, -0.2) is 40.0 Å². The number of fused-ring (bicyclic) bond motifs is 2. The number of carbonyl (C=O) groups excluding carboxylic acids is 3.